The van der Waals surface area contributed by atoms with Gasteiger partial charge in [-0.05, 0) is 47.8 Å². The van der Waals surface area contributed by atoms with Crippen LogP contribution in [0.5, 0.6) is 0 Å². The average Bonchev–Trinajstić information content (AvgIpc) is 2.46. The summed E-state index contributed by atoms with van der Waals surface area (Å²) >= 11 is 0. The first-order valence-corrected chi connectivity index (χ1v) is 7.90. The molecule has 1 heteroatoms. The van der Waals surface area contributed by atoms with Crippen LogP contribution in [0.25, 0.3) is 0 Å². The summed E-state index contributed by atoms with van der Waals surface area (Å²) in [6.45, 7) is 6.66. The SMILES string of the molecule is CCc1ccc(C(O)C2(C)CCCCC2)cc1CC. The van der Waals surface area contributed by atoms with E-state index in [4.69, 9.17) is 0 Å². The Morgan fingerprint density at radius 3 is 2.26 bits per heavy atom. The molecule has 0 amide bonds. The number of aliphatic hydroxyl groups excluding tert-OH is 1. The van der Waals surface area contributed by atoms with Crippen molar-refractivity contribution in [3.8, 4) is 0 Å². The van der Waals surface area contributed by atoms with Crippen LogP contribution in [0.15, 0.2) is 18.2 Å². The van der Waals surface area contributed by atoms with E-state index in [9.17, 15) is 5.11 Å². The molecule has 0 aliphatic heterocycles. The van der Waals surface area contributed by atoms with Crippen LogP contribution >= 0.6 is 0 Å². The summed E-state index contributed by atoms with van der Waals surface area (Å²) in [6.07, 6.45) is 8.01. The summed E-state index contributed by atoms with van der Waals surface area (Å²) in [5.41, 5.74) is 4.03. The van der Waals surface area contributed by atoms with E-state index in [0.717, 1.165) is 31.2 Å². The number of aliphatic hydroxyl groups is 1. The summed E-state index contributed by atoms with van der Waals surface area (Å²) in [6, 6.07) is 6.59. The lowest BCUT2D eigenvalue weighted by molar-refractivity contribution is 0.00814. The van der Waals surface area contributed by atoms with Crippen molar-refractivity contribution >= 4 is 0 Å². The third-order valence-corrected chi connectivity index (χ3v) is 4.96. The van der Waals surface area contributed by atoms with Gasteiger partial charge in [-0.25, -0.2) is 0 Å². The highest BCUT2D eigenvalue weighted by atomic mass is 16.3. The number of rotatable bonds is 4. The van der Waals surface area contributed by atoms with Crippen molar-refractivity contribution in [2.24, 2.45) is 5.41 Å². The Hall–Kier alpha value is -0.820. The Balaban J connectivity index is 2.25. The molecule has 1 fully saturated rings. The molecule has 0 aromatic heterocycles. The summed E-state index contributed by atoms with van der Waals surface area (Å²) in [5.74, 6) is 0. The van der Waals surface area contributed by atoms with Crippen LogP contribution < -0.4 is 0 Å². The maximum absolute atomic E-state index is 10.8. The zero-order chi connectivity index (χ0) is 13.9. The van der Waals surface area contributed by atoms with Crippen LogP contribution in [0, 0.1) is 5.41 Å². The predicted molar refractivity (Wildman–Crippen MR) is 81.3 cm³/mol. The highest BCUT2D eigenvalue weighted by molar-refractivity contribution is 5.34. The molecule has 1 aromatic carbocycles. The van der Waals surface area contributed by atoms with E-state index in [2.05, 4.69) is 39.0 Å². The third kappa shape index (κ3) is 3.02. The molecule has 1 atom stereocenters. The van der Waals surface area contributed by atoms with E-state index in [1.807, 2.05) is 0 Å². The van der Waals surface area contributed by atoms with Crippen molar-refractivity contribution in [3.63, 3.8) is 0 Å². The Kier molecular flexibility index (Phi) is 4.67. The molecule has 1 nitrogen and oxygen atoms in total. The van der Waals surface area contributed by atoms with E-state index in [-0.39, 0.29) is 11.5 Å². The number of hydrogen-bond acceptors (Lipinski definition) is 1. The first kappa shape index (κ1) is 14.6. The fourth-order valence-corrected chi connectivity index (χ4v) is 3.53. The first-order valence-electron chi connectivity index (χ1n) is 7.90. The predicted octanol–water partition coefficient (Wildman–Crippen LogP) is 4.82. The van der Waals surface area contributed by atoms with Gasteiger partial charge >= 0.3 is 0 Å². The second kappa shape index (κ2) is 6.09. The molecule has 0 saturated heterocycles. The quantitative estimate of drug-likeness (QED) is 0.823. The summed E-state index contributed by atoms with van der Waals surface area (Å²) < 4.78 is 0. The number of benzene rings is 1. The highest BCUT2D eigenvalue weighted by Crippen LogP contribution is 2.45. The van der Waals surface area contributed by atoms with Crippen molar-refractivity contribution in [2.45, 2.75) is 71.8 Å². The monoisotopic (exact) mass is 260 g/mol. The van der Waals surface area contributed by atoms with Crippen molar-refractivity contribution < 1.29 is 5.11 Å². The lowest BCUT2D eigenvalue weighted by Gasteiger charge is -2.38. The van der Waals surface area contributed by atoms with Gasteiger partial charge in [-0.3, -0.25) is 0 Å². The van der Waals surface area contributed by atoms with Gasteiger partial charge in [-0.1, -0.05) is 58.2 Å². The lowest BCUT2D eigenvalue weighted by Crippen LogP contribution is -2.28. The Morgan fingerprint density at radius 1 is 1.05 bits per heavy atom. The van der Waals surface area contributed by atoms with Gasteiger partial charge in [-0.15, -0.1) is 0 Å². The molecule has 19 heavy (non-hydrogen) atoms. The normalized spacial score (nSPS) is 20.2. The maximum Gasteiger partial charge on any atom is 0.0843 e. The molecule has 1 unspecified atom stereocenters. The van der Waals surface area contributed by atoms with Gasteiger partial charge in [-0.2, -0.15) is 0 Å². The number of hydrogen-bond donors (Lipinski definition) is 1. The molecule has 0 bridgehead atoms. The lowest BCUT2D eigenvalue weighted by atomic mass is 9.70. The smallest absolute Gasteiger partial charge is 0.0843 e. The molecule has 106 valence electrons. The van der Waals surface area contributed by atoms with Gasteiger partial charge in [0.1, 0.15) is 0 Å². The molecule has 1 aliphatic carbocycles. The fourth-order valence-electron chi connectivity index (χ4n) is 3.53. The minimum Gasteiger partial charge on any atom is -0.388 e. The van der Waals surface area contributed by atoms with Gasteiger partial charge < -0.3 is 5.11 Å². The molecular formula is C18H28O. The second-order valence-corrected chi connectivity index (χ2v) is 6.35. The minimum absolute atomic E-state index is 0.0803. The maximum atomic E-state index is 10.8. The van der Waals surface area contributed by atoms with Crippen molar-refractivity contribution in [1.82, 2.24) is 0 Å². The second-order valence-electron chi connectivity index (χ2n) is 6.35. The van der Waals surface area contributed by atoms with Crippen LogP contribution in [0.2, 0.25) is 0 Å². The van der Waals surface area contributed by atoms with E-state index in [1.165, 1.54) is 30.4 Å². The Bertz CT molecular complexity index is 416. The average molecular weight is 260 g/mol. The van der Waals surface area contributed by atoms with Crippen LogP contribution in [0.4, 0.5) is 0 Å². The van der Waals surface area contributed by atoms with Crippen LogP contribution in [0.3, 0.4) is 0 Å². The van der Waals surface area contributed by atoms with Crippen molar-refractivity contribution in [1.29, 1.82) is 0 Å². The summed E-state index contributed by atoms with van der Waals surface area (Å²) in [4.78, 5) is 0. The zero-order valence-corrected chi connectivity index (χ0v) is 12.7. The Morgan fingerprint density at radius 2 is 1.68 bits per heavy atom. The molecule has 0 heterocycles. The molecule has 1 N–H and O–H groups in total. The van der Waals surface area contributed by atoms with Gasteiger partial charge in [0.25, 0.3) is 0 Å². The molecule has 0 radical (unpaired) electrons. The van der Waals surface area contributed by atoms with Gasteiger partial charge in [0.05, 0.1) is 6.10 Å². The molecule has 1 aliphatic rings. The van der Waals surface area contributed by atoms with Crippen LogP contribution in [-0.2, 0) is 12.8 Å². The molecular weight excluding hydrogens is 232 g/mol. The zero-order valence-electron chi connectivity index (χ0n) is 12.7. The van der Waals surface area contributed by atoms with Gasteiger partial charge in [0.15, 0.2) is 0 Å². The molecule has 1 aromatic rings. The van der Waals surface area contributed by atoms with E-state index >= 15 is 0 Å². The van der Waals surface area contributed by atoms with Crippen molar-refractivity contribution in [3.05, 3.63) is 34.9 Å². The van der Waals surface area contributed by atoms with Crippen LogP contribution in [-0.4, -0.2) is 5.11 Å². The Labute approximate surface area is 118 Å². The largest absolute Gasteiger partial charge is 0.388 e. The van der Waals surface area contributed by atoms with E-state index in [0.29, 0.717) is 0 Å². The van der Waals surface area contributed by atoms with Gasteiger partial charge in [0, 0.05) is 0 Å². The topological polar surface area (TPSA) is 20.2 Å². The van der Waals surface area contributed by atoms with E-state index in [1.54, 1.807) is 0 Å². The molecule has 2 rings (SSSR count). The van der Waals surface area contributed by atoms with E-state index < -0.39 is 0 Å². The molecule has 1 saturated carbocycles. The molecule has 0 spiro atoms. The van der Waals surface area contributed by atoms with Gasteiger partial charge in [0.2, 0.25) is 0 Å². The highest BCUT2D eigenvalue weighted by Gasteiger charge is 2.35. The van der Waals surface area contributed by atoms with Crippen molar-refractivity contribution in [2.75, 3.05) is 0 Å². The number of aryl methyl sites for hydroxylation is 2. The summed E-state index contributed by atoms with van der Waals surface area (Å²) in [5, 5.41) is 10.8. The summed E-state index contributed by atoms with van der Waals surface area (Å²) in [7, 11) is 0. The third-order valence-electron chi connectivity index (χ3n) is 4.96. The van der Waals surface area contributed by atoms with Crippen LogP contribution in [0.1, 0.15) is 75.7 Å². The fraction of sp³-hybridized carbons (Fsp3) is 0.667. The minimum atomic E-state index is -0.302. The first-order chi connectivity index (χ1) is 9.10. The standard InChI is InChI=1S/C18H28O/c1-4-14-9-10-16(13-15(14)5-2)17(19)18(3)11-7-6-8-12-18/h9-10,13,17,19H,4-8,11-12H2,1-3H3.